The van der Waals surface area contributed by atoms with Crippen molar-refractivity contribution in [2.75, 3.05) is 7.11 Å². The number of rotatable bonds is 5. The molecule has 1 N–H and O–H groups in total. The van der Waals surface area contributed by atoms with Gasteiger partial charge in [-0.15, -0.1) is 0 Å². The summed E-state index contributed by atoms with van der Waals surface area (Å²) in [6.07, 6.45) is 0.826. The van der Waals surface area contributed by atoms with Gasteiger partial charge in [0.2, 0.25) is 0 Å². The molecule has 5 nitrogen and oxygen atoms in total. The van der Waals surface area contributed by atoms with Crippen LogP contribution in [0, 0.1) is 0 Å². The predicted molar refractivity (Wildman–Crippen MR) is 131 cm³/mol. The summed E-state index contributed by atoms with van der Waals surface area (Å²) in [5.74, 6) is 0.0246. The normalized spacial score (nSPS) is 20.5. The number of benzene rings is 2. The first-order valence-electron chi connectivity index (χ1n) is 11.1. The quantitative estimate of drug-likeness (QED) is 0.518. The third-order valence-electron chi connectivity index (χ3n) is 6.19. The largest absolute Gasteiger partial charge is 0.497 e. The Bertz CT molecular complexity index is 1150. The molecule has 0 fully saturated rings. The van der Waals surface area contributed by atoms with E-state index in [1.54, 1.807) is 7.11 Å². The summed E-state index contributed by atoms with van der Waals surface area (Å²) in [5, 5.41) is 3.39. The minimum Gasteiger partial charge on any atom is -0.497 e. The summed E-state index contributed by atoms with van der Waals surface area (Å²) in [4.78, 5) is 26.8. The van der Waals surface area contributed by atoms with Crippen molar-refractivity contribution < 1.29 is 19.1 Å². The van der Waals surface area contributed by atoms with Crippen molar-refractivity contribution in [2.24, 2.45) is 0 Å². The zero-order valence-electron chi connectivity index (χ0n) is 19.3. The Hall–Kier alpha value is -2.86. The third kappa shape index (κ3) is 4.62. The van der Waals surface area contributed by atoms with Crippen molar-refractivity contribution in [3.05, 3.63) is 86.7 Å². The molecule has 6 heteroatoms. The van der Waals surface area contributed by atoms with E-state index in [2.05, 4.69) is 21.2 Å². The molecule has 33 heavy (non-hydrogen) atoms. The molecule has 4 rings (SSSR count). The zero-order chi connectivity index (χ0) is 23.7. The second-order valence-electron chi connectivity index (χ2n) is 8.77. The van der Waals surface area contributed by atoms with Crippen LogP contribution in [0.3, 0.4) is 0 Å². The molecule has 2 aromatic carbocycles. The second kappa shape index (κ2) is 9.56. The van der Waals surface area contributed by atoms with Crippen LogP contribution in [0.15, 0.2) is 75.5 Å². The summed E-state index contributed by atoms with van der Waals surface area (Å²) in [6.45, 7) is 5.53. The number of nitrogens with one attached hydrogen (secondary N) is 1. The minimum absolute atomic E-state index is 0.0488. The summed E-state index contributed by atoms with van der Waals surface area (Å²) < 4.78 is 11.7. The van der Waals surface area contributed by atoms with Crippen molar-refractivity contribution in [3.63, 3.8) is 0 Å². The molecule has 2 aliphatic rings. The lowest BCUT2D eigenvalue weighted by atomic mass is 9.71. The molecular formula is C27H28BrNO4. The molecule has 0 saturated carbocycles. The standard InChI is InChI=1S/C27H28BrNO4/c1-15(2)33-27(31)24-16(3)29-22-13-18(17-9-11-19(32-4)12-10-17)14-23(30)26(22)25(24)20-7-5-6-8-21(20)28/h5-12,15,18,25,29H,13-14H2,1-4H3/t18-,25-/m1/s1. The maximum absolute atomic E-state index is 13.6. The molecule has 0 spiro atoms. The number of ketones is 1. The van der Waals surface area contributed by atoms with Crippen LogP contribution < -0.4 is 10.1 Å². The molecule has 2 aromatic rings. The maximum atomic E-state index is 13.6. The van der Waals surface area contributed by atoms with Crippen LogP contribution in [0.1, 0.15) is 56.6 Å². The van der Waals surface area contributed by atoms with Crippen LogP contribution in [0.2, 0.25) is 0 Å². The number of hydrogen-bond acceptors (Lipinski definition) is 5. The number of allylic oxidation sites excluding steroid dienone is 3. The Labute approximate surface area is 203 Å². The fourth-order valence-corrected chi connectivity index (χ4v) is 5.23. The van der Waals surface area contributed by atoms with Crippen molar-refractivity contribution in [1.82, 2.24) is 5.32 Å². The molecule has 0 saturated heterocycles. The van der Waals surface area contributed by atoms with E-state index < -0.39 is 11.9 Å². The number of ether oxygens (including phenoxy) is 2. The van der Waals surface area contributed by atoms with Gasteiger partial charge in [0, 0.05) is 33.8 Å². The first kappa shape index (κ1) is 23.3. The molecule has 0 radical (unpaired) electrons. The smallest absolute Gasteiger partial charge is 0.337 e. The topological polar surface area (TPSA) is 64.6 Å². The van der Waals surface area contributed by atoms with Gasteiger partial charge in [-0.1, -0.05) is 46.3 Å². The van der Waals surface area contributed by atoms with Crippen LogP contribution in [-0.2, 0) is 14.3 Å². The maximum Gasteiger partial charge on any atom is 0.337 e. The van der Waals surface area contributed by atoms with Crippen molar-refractivity contribution in [1.29, 1.82) is 0 Å². The molecule has 0 aromatic heterocycles. The first-order chi connectivity index (χ1) is 15.8. The van der Waals surface area contributed by atoms with Crippen LogP contribution >= 0.6 is 15.9 Å². The molecule has 1 aliphatic carbocycles. The van der Waals surface area contributed by atoms with Crippen molar-refractivity contribution >= 4 is 27.7 Å². The predicted octanol–water partition coefficient (Wildman–Crippen LogP) is 5.77. The van der Waals surface area contributed by atoms with E-state index >= 15 is 0 Å². The third-order valence-corrected chi connectivity index (χ3v) is 6.92. The number of hydrogen-bond donors (Lipinski definition) is 1. The van der Waals surface area contributed by atoms with Crippen LogP contribution in [-0.4, -0.2) is 25.0 Å². The van der Waals surface area contributed by atoms with Gasteiger partial charge in [0.25, 0.3) is 0 Å². The van der Waals surface area contributed by atoms with E-state index in [1.807, 2.05) is 69.3 Å². The Balaban J connectivity index is 1.78. The van der Waals surface area contributed by atoms with Gasteiger partial charge in [-0.25, -0.2) is 4.79 Å². The lowest BCUT2D eigenvalue weighted by Crippen LogP contribution is -2.36. The Morgan fingerprint density at radius 2 is 1.79 bits per heavy atom. The lowest BCUT2D eigenvalue weighted by Gasteiger charge is -2.37. The van der Waals surface area contributed by atoms with E-state index in [0.717, 1.165) is 32.7 Å². The molecule has 2 atom stereocenters. The van der Waals surface area contributed by atoms with E-state index in [1.165, 1.54) is 0 Å². The monoisotopic (exact) mass is 509 g/mol. The van der Waals surface area contributed by atoms with Crippen LogP contribution in [0.25, 0.3) is 0 Å². The van der Waals surface area contributed by atoms with Gasteiger partial charge in [-0.05, 0) is 62.4 Å². The number of esters is 1. The molecule has 0 amide bonds. The van der Waals surface area contributed by atoms with Crippen molar-refractivity contribution in [2.45, 2.75) is 51.6 Å². The average Bonchev–Trinajstić information content (AvgIpc) is 2.78. The zero-order valence-corrected chi connectivity index (χ0v) is 20.9. The van der Waals surface area contributed by atoms with Crippen molar-refractivity contribution in [3.8, 4) is 5.75 Å². The molecule has 0 bridgehead atoms. The Morgan fingerprint density at radius 3 is 2.42 bits per heavy atom. The number of dihydropyridines is 1. The van der Waals surface area contributed by atoms with Gasteiger partial charge >= 0.3 is 5.97 Å². The average molecular weight is 510 g/mol. The van der Waals surface area contributed by atoms with Gasteiger partial charge in [-0.3, -0.25) is 4.79 Å². The van der Waals surface area contributed by atoms with Gasteiger partial charge in [0.15, 0.2) is 5.78 Å². The summed E-state index contributed by atoms with van der Waals surface area (Å²) in [6, 6.07) is 15.6. The molecule has 172 valence electrons. The van der Waals surface area contributed by atoms with E-state index in [4.69, 9.17) is 9.47 Å². The summed E-state index contributed by atoms with van der Waals surface area (Å²) in [5.41, 5.74) is 4.74. The Kier molecular flexibility index (Phi) is 6.75. The number of carbonyl (C=O) groups is 2. The number of carbonyl (C=O) groups excluding carboxylic acids is 2. The fourth-order valence-electron chi connectivity index (χ4n) is 4.72. The molecule has 1 heterocycles. The second-order valence-corrected chi connectivity index (χ2v) is 9.62. The van der Waals surface area contributed by atoms with E-state index in [9.17, 15) is 9.59 Å². The minimum atomic E-state index is -0.479. The SMILES string of the molecule is COc1ccc([C@H]2CC(=O)C3=C(C2)NC(C)=C(C(=O)OC(C)C)[C@H]3c2ccccc2Br)cc1. The highest BCUT2D eigenvalue weighted by Crippen LogP contribution is 2.47. The Morgan fingerprint density at radius 1 is 1.09 bits per heavy atom. The van der Waals surface area contributed by atoms with Crippen LogP contribution in [0.5, 0.6) is 5.75 Å². The van der Waals surface area contributed by atoms with Gasteiger partial charge in [-0.2, -0.15) is 0 Å². The van der Waals surface area contributed by atoms with E-state index in [0.29, 0.717) is 24.0 Å². The molecule has 0 unspecified atom stereocenters. The first-order valence-corrected chi connectivity index (χ1v) is 11.9. The highest BCUT2D eigenvalue weighted by atomic mass is 79.9. The fraction of sp³-hybridized carbons (Fsp3) is 0.333. The van der Waals surface area contributed by atoms with Gasteiger partial charge in [0.1, 0.15) is 5.75 Å². The van der Waals surface area contributed by atoms with Crippen LogP contribution in [0.4, 0.5) is 0 Å². The summed E-state index contributed by atoms with van der Waals surface area (Å²) >= 11 is 3.64. The van der Waals surface area contributed by atoms with E-state index in [-0.39, 0.29) is 17.8 Å². The number of halogens is 1. The highest BCUT2D eigenvalue weighted by Gasteiger charge is 2.42. The van der Waals surface area contributed by atoms with Gasteiger partial charge < -0.3 is 14.8 Å². The molecular weight excluding hydrogens is 482 g/mol. The molecule has 1 aliphatic heterocycles. The summed E-state index contributed by atoms with van der Waals surface area (Å²) in [7, 11) is 1.64. The number of methoxy groups -OCH3 is 1. The highest BCUT2D eigenvalue weighted by molar-refractivity contribution is 9.10. The van der Waals surface area contributed by atoms with Gasteiger partial charge in [0.05, 0.1) is 18.8 Å². The number of Topliss-reactive ketones (excluding diaryl/α,β-unsaturated/α-hetero) is 1. The lowest BCUT2D eigenvalue weighted by molar-refractivity contribution is -0.143.